The first kappa shape index (κ1) is 13.8. The number of hydrogen-bond acceptors (Lipinski definition) is 2. The van der Waals surface area contributed by atoms with Crippen LogP contribution in [0.2, 0.25) is 0 Å². The molecule has 3 rings (SSSR count). The van der Waals surface area contributed by atoms with E-state index in [9.17, 15) is 4.21 Å². The van der Waals surface area contributed by atoms with Crippen LogP contribution in [0.1, 0.15) is 24.1 Å². The van der Waals surface area contributed by atoms with Crippen LogP contribution in [0.25, 0.3) is 10.9 Å². The molecule has 0 spiro atoms. The fourth-order valence-corrected chi connectivity index (χ4v) is 4.17. The molecule has 2 heterocycles. The van der Waals surface area contributed by atoms with Crippen molar-refractivity contribution in [3.63, 3.8) is 0 Å². The Labute approximate surface area is 122 Å². The number of H-pyrrole nitrogens is 1. The van der Waals surface area contributed by atoms with Crippen molar-refractivity contribution in [2.75, 3.05) is 19.8 Å². The number of likely N-dealkylation sites (N-methyl/N-ethyl adjacent to an activating group) is 1. The Morgan fingerprint density at radius 2 is 2.25 bits per heavy atom. The van der Waals surface area contributed by atoms with Gasteiger partial charge in [-0.25, -0.2) is 0 Å². The van der Waals surface area contributed by atoms with Crippen LogP contribution in [0.5, 0.6) is 0 Å². The molecule has 0 radical (unpaired) electrons. The summed E-state index contributed by atoms with van der Waals surface area (Å²) < 4.78 is 12.0. The van der Waals surface area contributed by atoms with Crippen LogP contribution in [0.3, 0.4) is 0 Å². The number of benzene rings is 1. The molecule has 1 aromatic heterocycles. The molecular weight excluding hydrogens is 268 g/mol. The van der Waals surface area contributed by atoms with Gasteiger partial charge in [-0.2, -0.15) is 0 Å². The second-order valence-electron chi connectivity index (χ2n) is 5.84. The van der Waals surface area contributed by atoms with Gasteiger partial charge >= 0.3 is 0 Å². The minimum absolute atomic E-state index is 0.617. The number of rotatable bonds is 3. The summed E-state index contributed by atoms with van der Waals surface area (Å²) in [5.41, 5.74) is 3.69. The highest BCUT2D eigenvalue weighted by molar-refractivity contribution is 7.84. The minimum Gasteiger partial charge on any atom is -0.358 e. The molecule has 1 aliphatic rings. The Hall–Kier alpha value is -1.13. The quantitative estimate of drug-likeness (QED) is 0.943. The van der Waals surface area contributed by atoms with Gasteiger partial charge in [0.05, 0.1) is 10.8 Å². The van der Waals surface area contributed by atoms with Crippen LogP contribution < -0.4 is 0 Å². The predicted octanol–water partition coefficient (Wildman–Crippen LogP) is 2.85. The van der Waals surface area contributed by atoms with Gasteiger partial charge in [0.2, 0.25) is 0 Å². The summed E-state index contributed by atoms with van der Waals surface area (Å²) >= 11 is 0. The molecular formula is C16H22N2OS. The molecule has 0 bridgehead atoms. The van der Waals surface area contributed by atoms with E-state index in [2.05, 4.69) is 29.9 Å². The number of aromatic amines is 1. The Morgan fingerprint density at radius 3 is 2.90 bits per heavy atom. The Kier molecular flexibility index (Phi) is 3.69. The largest absolute Gasteiger partial charge is 0.358 e. The van der Waals surface area contributed by atoms with E-state index >= 15 is 0 Å². The number of aryl methyl sites for hydroxylation is 1. The summed E-state index contributed by atoms with van der Waals surface area (Å²) in [6, 6.07) is 6.68. The van der Waals surface area contributed by atoms with E-state index in [1.165, 1.54) is 36.0 Å². The number of likely N-dealkylation sites (tertiary alicyclic amines) is 1. The molecule has 1 N–H and O–H groups in total. The molecule has 3 nitrogen and oxygen atoms in total. The van der Waals surface area contributed by atoms with Crippen LogP contribution in [-0.4, -0.2) is 40.0 Å². The Balaban J connectivity index is 2.09. The van der Waals surface area contributed by atoms with E-state index in [0.717, 1.165) is 16.8 Å². The first-order chi connectivity index (χ1) is 9.58. The highest BCUT2D eigenvalue weighted by Gasteiger charge is 2.24. The van der Waals surface area contributed by atoms with Crippen molar-refractivity contribution in [1.29, 1.82) is 0 Å². The maximum absolute atomic E-state index is 12.0. The smallest absolute Gasteiger partial charge is 0.0505 e. The topological polar surface area (TPSA) is 36.1 Å². The van der Waals surface area contributed by atoms with Gasteiger partial charge in [0.15, 0.2) is 0 Å². The van der Waals surface area contributed by atoms with Gasteiger partial charge < -0.3 is 9.88 Å². The van der Waals surface area contributed by atoms with Crippen molar-refractivity contribution >= 4 is 21.7 Å². The molecule has 1 unspecified atom stereocenters. The molecule has 1 saturated heterocycles. The molecule has 1 aromatic carbocycles. The van der Waals surface area contributed by atoms with Gasteiger partial charge in [-0.15, -0.1) is 0 Å². The van der Waals surface area contributed by atoms with Gasteiger partial charge in [-0.3, -0.25) is 4.21 Å². The number of aromatic nitrogens is 1. The predicted molar refractivity (Wildman–Crippen MR) is 84.7 cm³/mol. The molecule has 20 heavy (non-hydrogen) atoms. The SMILES string of the molecule is Cc1[nH]c2cccc(S(C)=O)c2c1C[C@H]1CCCN1C. The monoisotopic (exact) mass is 290 g/mol. The molecule has 1 fully saturated rings. The second kappa shape index (κ2) is 5.34. The van der Waals surface area contributed by atoms with Crippen molar-refractivity contribution in [2.24, 2.45) is 0 Å². The van der Waals surface area contributed by atoms with Gasteiger partial charge in [0.25, 0.3) is 0 Å². The highest BCUT2D eigenvalue weighted by Crippen LogP contribution is 2.31. The van der Waals surface area contributed by atoms with E-state index in [1.807, 2.05) is 12.1 Å². The van der Waals surface area contributed by atoms with Gasteiger partial charge in [0.1, 0.15) is 0 Å². The second-order valence-corrected chi connectivity index (χ2v) is 7.19. The molecule has 2 aromatic rings. The van der Waals surface area contributed by atoms with Crippen LogP contribution in [0.15, 0.2) is 23.1 Å². The third kappa shape index (κ3) is 2.31. The lowest BCUT2D eigenvalue weighted by atomic mass is 10.0. The van der Waals surface area contributed by atoms with Gasteiger partial charge in [-0.1, -0.05) is 6.07 Å². The molecule has 108 valence electrons. The zero-order valence-corrected chi connectivity index (χ0v) is 13.2. The molecule has 0 saturated carbocycles. The zero-order valence-electron chi connectivity index (χ0n) is 12.4. The molecule has 4 heteroatoms. The summed E-state index contributed by atoms with van der Waals surface area (Å²) in [4.78, 5) is 6.87. The summed E-state index contributed by atoms with van der Waals surface area (Å²) in [7, 11) is 1.26. The first-order valence-corrected chi connectivity index (χ1v) is 8.77. The normalized spacial score (nSPS) is 21.6. The number of nitrogens with one attached hydrogen (secondary N) is 1. The lowest BCUT2D eigenvalue weighted by Crippen LogP contribution is -2.27. The lowest BCUT2D eigenvalue weighted by Gasteiger charge is -2.19. The van der Waals surface area contributed by atoms with Crippen molar-refractivity contribution < 1.29 is 4.21 Å². The number of hydrogen-bond donors (Lipinski definition) is 1. The van der Waals surface area contributed by atoms with E-state index in [1.54, 1.807) is 6.26 Å². The van der Waals surface area contributed by atoms with E-state index < -0.39 is 10.8 Å². The van der Waals surface area contributed by atoms with Crippen molar-refractivity contribution in [3.8, 4) is 0 Å². The summed E-state index contributed by atoms with van der Waals surface area (Å²) in [5, 5.41) is 1.19. The van der Waals surface area contributed by atoms with Crippen molar-refractivity contribution in [2.45, 2.75) is 37.1 Å². The fourth-order valence-electron chi connectivity index (χ4n) is 3.38. The maximum atomic E-state index is 12.0. The minimum atomic E-state index is -0.946. The molecule has 0 aliphatic carbocycles. The summed E-state index contributed by atoms with van der Waals surface area (Å²) in [6.45, 7) is 3.32. The molecule has 2 atom stereocenters. The third-order valence-electron chi connectivity index (χ3n) is 4.52. The highest BCUT2D eigenvalue weighted by atomic mass is 32.2. The first-order valence-electron chi connectivity index (χ1n) is 7.21. The van der Waals surface area contributed by atoms with Crippen molar-refractivity contribution in [3.05, 3.63) is 29.5 Å². The summed E-state index contributed by atoms with van der Waals surface area (Å²) in [5.74, 6) is 0. The van der Waals surface area contributed by atoms with Crippen LogP contribution in [0, 0.1) is 6.92 Å². The van der Waals surface area contributed by atoms with E-state index in [0.29, 0.717) is 6.04 Å². The maximum Gasteiger partial charge on any atom is 0.0505 e. The van der Waals surface area contributed by atoms with Crippen molar-refractivity contribution in [1.82, 2.24) is 9.88 Å². The average molecular weight is 290 g/mol. The molecule has 1 aliphatic heterocycles. The molecule has 0 amide bonds. The lowest BCUT2D eigenvalue weighted by molar-refractivity contribution is 0.309. The van der Waals surface area contributed by atoms with E-state index in [-0.39, 0.29) is 0 Å². The van der Waals surface area contributed by atoms with Crippen LogP contribution in [-0.2, 0) is 17.2 Å². The zero-order chi connectivity index (χ0) is 14.3. The van der Waals surface area contributed by atoms with E-state index in [4.69, 9.17) is 0 Å². The summed E-state index contributed by atoms with van der Waals surface area (Å²) in [6.07, 6.45) is 5.37. The Bertz CT molecular complexity index is 662. The van der Waals surface area contributed by atoms with Crippen LogP contribution >= 0.6 is 0 Å². The fraction of sp³-hybridized carbons (Fsp3) is 0.500. The Morgan fingerprint density at radius 1 is 1.45 bits per heavy atom. The van der Waals surface area contributed by atoms with Gasteiger partial charge in [-0.05, 0) is 57.5 Å². The number of fused-ring (bicyclic) bond motifs is 1. The average Bonchev–Trinajstić information content (AvgIpc) is 2.94. The number of nitrogens with zero attached hydrogens (tertiary/aromatic N) is 1. The van der Waals surface area contributed by atoms with Crippen LogP contribution in [0.4, 0.5) is 0 Å². The van der Waals surface area contributed by atoms with Gasteiger partial charge in [0, 0.05) is 33.8 Å². The standard InChI is InChI=1S/C16H22N2OS/c1-11-13(10-12-6-5-9-18(12)2)16-14(17-11)7-4-8-15(16)20(3)19/h4,7-8,12,17H,5-6,9-10H2,1-3H3/t12-,20?/m1/s1. The third-order valence-corrected chi connectivity index (χ3v) is 5.48.